The first-order valence-electron chi connectivity index (χ1n) is 10.2. The topological polar surface area (TPSA) is 0 Å². The van der Waals surface area contributed by atoms with Crippen molar-refractivity contribution < 1.29 is 0 Å². The minimum atomic E-state index is 0.281. The predicted molar refractivity (Wildman–Crippen MR) is 124 cm³/mol. The first-order valence-corrected chi connectivity index (χ1v) is 10.2. The van der Waals surface area contributed by atoms with Gasteiger partial charge in [0, 0.05) is 5.92 Å². The Balaban J connectivity index is 1.71. The summed E-state index contributed by atoms with van der Waals surface area (Å²) in [4.78, 5) is 0. The third-order valence-electron chi connectivity index (χ3n) is 6.11. The molecule has 0 aromatic heterocycles. The molecule has 5 aromatic rings. The SMILES string of the molecule is C1=CC(c2cc(-c3ccccc3)cc3ccc4ccccc4c23)c2ccccc21. The van der Waals surface area contributed by atoms with Crippen molar-refractivity contribution in [1.29, 1.82) is 0 Å². The van der Waals surface area contributed by atoms with Gasteiger partial charge in [0.05, 0.1) is 0 Å². The summed E-state index contributed by atoms with van der Waals surface area (Å²) in [6.45, 7) is 0. The smallest absolute Gasteiger partial charge is 0.0285 e. The van der Waals surface area contributed by atoms with E-state index < -0.39 is 0 Å². The third-order valence-corrected chi connectivity index (χ3v) is 6.11. The maximum absolute atomic E-state index is 2.40. The van der Waals surface area contributed by atoms with Crippen molar-refractivity contribution in [2.24, 2.45) is 0 Å². The molecule has 1 aliphatic carbocycles. The molecule has 0 heterocycles. The first kappa shape index (κ1) is 16.3. The van der Waals surface area contributed by atoms with Gasteiger partial charge < -0.3 is 0 Å². The first-order chi connectivity index (χ1) is 14.4. The minimum absolute atomic E-state index is 0.281. The Labute approximate surface area is 170 Å². The molecular formula is C29H20. The molecule has 136 valence electrons. The van der Waals surface area contributed by atoms with Crippen LogP contribution in [0.15, 0.2) is 109 Å². The highest BCUT2D eigenvalue weighted by atomic mass is 14.3. The van der Waals surface area contributed by atoms with Crippen molar-refractivity contribution in [3.05, 3.63) is 126 Å². The number of benzene rings is 5. The molecule has 0 nitrogen and oxygen atoms in total. The lowest BCUT2D eigenvalue weighted by molar-refractivity contribution is 1.07. The maximum Gasteiger partial charge on any atom is 0.0285 e. The van der Waals surface area contributed by atoms with Gasteiger partial charge in [-0.3, -0.25) is 0 Å². The maximum atomic E-state index is 2.40. The molecule has 1 unspecified atom stereocenters. The highest BCUT2D eigenvalue weighted by Gasteiger charge is 2.22. The second-order valence-electron chi connectivity index (χ2n) is 7.78. The lowest BCUT2D eigenvalue weighted by atomic mass is 9.85. The molecule has 0 spiro atoms. The van der Waals surface area contributed by atoms with Gasteiger partial charge in [-0.05, 0) is 61.5 Å². The molecular weight excluding hydrogens is 348 g/mol. The second-order valence-corrected chi connectivity index (χ2v) is 7.78. The molecule has 0 fully saturated rings. The standard InChI is InChI=1S/C29H20/c1-2-8-20(9-3-1)24-18-23-15-14-22-11-5-7-13-26(22)29(23)28(19-24)27-17-16-21-10-4-6-12-25(21)27/h1-19,27H. The van der Waals surface area contributed by atoms with E-state index in [2.05, 4.69) is 115 Å². The summed E-state index contributed by atoms with van der Waals surface area (Å²) in [5, 5.41) is 5.30. The summed E-state index contributed by atoms with van der Waals surface area (Å²) in [5.74, 6) is 0.281. The molecule has 1 aliphatic rings. The fourth-order valence-electron chi connectivity index (χ4n) is 4.74. The summed E-state index contributed by atoms with van der Waals surface area (Å²) >= 11 is 0. The van der Waals surface area contributed by atoms with Crippen LogP contribution >= 0.6 is 0 Å². The van der Waals surface area contributed by atoms with Gasteiger partial charge in [0.25, 0.3) is 0 Å². The second kappa shape index (κ2) is 6.46. The molecule has 0 amide bonds. The molecule has 29 heavy (non-hydrogen) atoms. The predicted octanol–water partition coefficient (Wildman–Crippen LogP) is 7.82. The molecule has 0 aliphatic heterocycles. The lowest BCUT2D eigenvalue weighted by Crippen LogP contribution is -1.98. The Morgan fingerprint density at radius 3 is 2.21 bits per heavy atom. The summed E-state index contributed by atoms with van der Waals surface area (Å²) < 4.78 is 0. The van der Waals surface area contributed by atoms with Crippen LogP contribution in [0.25, 0.3) is 38.7 Å². The molecule has 0 bridgehead atoms. The van der Waals surface area contributed by atoms with Crippen LogP contribution in [0.3, 0.4) is 0 Å². The van der Waals surface area contributed by atoms with Gasteiger partial charge in [0.15, 0.2) is 0 Å². The van der Waals surface area contributed by atoms with Gasteiger partial charge in [0.1, 0.15) is 0 Å². The lowest BCUT2D eigenvalue weighted by Gasteiger charge is -2.18. The Hall–Kier alpha value is -3.64. The summed E-state index contributed by atoms with van der Waals surface area (Å²) in [7, 11) is 0. The van der Waals surface area contributed by atoms with Crippen LogP contribution in [-0.4, -0.2) is 0 Å². The number of rotatable bonds is 2. The zero-order valence-electron chi connectivity index (χ0n) is 16.0. The van der Waals surface area contributed by atoms with Gasteiger partial charge in [-0.1, -0.05) is 103 Å². The van der Waals surface area contributed by atoms with Crippen molar-refractivity contribution in [3.8, 4) is 11.1 Å². The highest BCUT2D eigenvalue weighted by molar-refractivity contribution is 6.10. The van der Waals surface area contributed by atoms with Crippen LogP contribution in [0.5, 0.6) is 0 Å². The Morgan fingerprint density at radius 1 is 0.517 bits per heavy atom. The van der Waals surface area contributed by atoms with Crippen molar-refractivity contribution in [2.45, 2.75) is 5.92 Å². The monoisotopic (exact) mass is 368 g/mol. The fraction of sp³-hybridized carbons (Fsp3) is 0.0345. The third kappa shape index (κ3) is 2.61. The Kier molecular flexibility index (Phi) is 3.64. The molecule has 0 saturated carbocycles. The van der Waals surface area contributed by atoms with Gasteiger partial charge in [0.2, 0.25) is 0 Å². The summed E-state index contributed by atoms with van der Waals surface area (Å²) in [6.07, 6.45) is 4.63. The van der Waals surface area contributed by atoms with E-state index in [0.717, 1.165) is 0 Å². The molecule has 6 rings (SSSR count). The number of allylic oxidation sites excluding steroid dienone is 1. The van der Waals surface area contributed by atoms with Crippen LogP contribution in [-0.2, 0) is 0 Å². The zero-order chi connectivity index (χ0) is 19.2. The summed E-state index contributed by atoms with van der Waals surface area (Å²) in [6, 6.07) is 37.5. The number of hydrogen-bond donors (Lipinski definition) is 0. The van der Waals surface area contributed by atoms with Crippen LogP contribution < -0.4 is 0 Å². The van der Waals surface area contributed by atoms with E-state index in [9.17, 15) is 0 Å². The van der Waals surface area contributed by atoms with Gasteiger partial charge >= 0.3 is 0 Å². The molecule has 0 N–H and O–H groups in total. The number of hydrogen-bond acceptors (Lipinski definition) is 0. The molecule has 0 saturated heterocycles. The number of fused-ring (bicyclic) bond motifs is 4. The van der Waals surface area contributed by atoms with Crippen molar-refractivity contribution >= 4 is 27.6 Å². The minimum Gasteiger partial charge on any atom is -0.0720 e. The van der Waals surface area contributed by atoms with Crippen LogP contribution in [0.4, 0.5) is 0 Å². The van der Waals surface area contributed by atoms with E-state index in [1.54, 1.807) is 0 Å². The zero-order valence-corrected chi connectivity index (χ0v) is 16.0. The molecule has 5 aromatic carbocycles. The Morgan fingerprint density at radius 2 is 1.28 bits per heavy atom. The largest absolute Gasteiger partial charge is 0.0720 e. The van der Waals surface area contributed by atoms with E-state index in [-0.39, 0.29) is 5.92 Å². The van der Waals surface area contributed by atoms with Crippen molar-refractivity contribution in [1.82, 2.24) is 0 Å². The van der Waals surface area contributed by atoms with Crippen LogP contribution in [0.1, 0.15) is 22.6 Å². The van der Waals surface area contributed by atoms with E-state index in [1.165, 1.54) is 49.4 Å². The quantitative estimate of drug-likeness (QED) is 0.279. The fourth-order valence-corrected chi connectivity index (χ4v) is 4.74. The average molecular weight is 368 g/mol. The van der Waals surface area contributed by atoms with Crippen molar-refractivity contribution in [3.63, 3.8) is 0 Å². The van der Waals surface area contributed by atoms with Gasteiger partial charge in [-0.2, -0.15) is 0 Å². The summed E-state index contributed by atoms with van der Waals surface area (Å²) in [5.41, 5.74) is 6.66. The Bertz CT molecular complexity index is 1390. The highest BCUT2D eigenvalue weighted by Crippen LogP contribution is 2.42. The van der Waals surface area contributed by atoms with E-state index in [1.807, 2.05) is 0 Å². The van der Waals surface area contributed by atoms with Crippen LogP contribution in [0, 0.1) is 0 Å². The van der Waals surface area contributed by atoms with Crippen molar-refractivity contribution in [2.75, 3.05) is 0 Å². The average Bonchev–Trinajstić information content (AvgIpc) is 3.23. The molecule has 1 atom stereocenters. The molecule has 0 heteroatoms. The van der Waals surface area contributed by atoms with Gasteiger partial charge in [-0.15, -0.1) is 0 Å². The van der Waals surface area contributed by atoms with Gasteiger partial charge in [-0.25, -0.2) is 0 Å². The van der Waals surface area contributed by atoms with E-state index >= 15 is 0 Å². The molecule has 0 radical (unpaired) electrons. The van der Waals surface area contributed by atoms with E-state index in [0.29, 0.717) is 0 Å². The van der Waals surface area contributed by atoms with Crippen LogP contribution in [0.2, 0.25) is 0 Å². The normalized spacial score (nSPS) is 15.1. The van der Waals surface area contributed by atoms with E-state index in [4.69, 9.17) is 0 Å².